The second-order valence-corrected chi connectivity index (χ2v) is 5.88. The van der Waals surface area contributed by atoms with Crippen LogP contribution in [-0.2, 0) is 4.79 Å². The van der Waals surface area contributed by atoms with E-state index in [1.807, 2.05) is 0 Å². The van der Waals surface area contributed by atoms with E-state index in [9.17, 15) is 4.79 Å². The van der Waals surface area contributed by atoms with Gasteiger partial charge in [0, 0.05) is 15.6 Å². The first kappa shape index (κ1) is 15.2. The van der Waals surface area contributed by atoms with Crippen LogP contribution in [0, 0.1) is 0 Å². The van der Waals surface area contributed by atoms with E-state index in [4.69, 9.17) is 44.3 Å². The topological polar surface area (TPSA) is 35.5 Å². The standard InChI is InChI=1S/C16H9Cl3O3/c17-11-1-3-14-9(6-11)5-10(8-21-14)16(20)22-15-4-2-12(18)7-13(15)19/h1-7H,8H2. The van der Waals surface area contributed by atoms with Crippen molar-refractivity contribution in [1.82, 2.24) is 0 Å². The maximum Gasteiger partial charge on any atom is 0.342 e. The van der Waals surface area contributed by atoms with Crippen LogP contribution in [0.2, 0.25) is 15.1 Å². The van der Waals surface area contributed by atoms with Gasteiger partial charge in [-0.3, -0.25) is 0 Å². The van der Waals surface area contributed by atoms with Crippen LogP contribution in [0.15, 0.2) is 42.0 Å². The Morgan fingerprint density at radius 3 is 2.55 bits per heavy atom. The average molecular weight is 356 g/mol. The van der Waals surface area contributed by atoms with E-state index in [1.54, 1.807) is 30.3 Å². The number of carbonyl (C=O) groups excluding carboxylic acids is 1. The van der Waals surface area contributed by atoms with Crippen molar-refractivity contribution in [2.75, 3.05) is 6.61 Å². The molecule has 2 aromatic carbocycles. The molecule has 2 aromatic rings. The molecule has 1 heterocycles. The minimum Gasteiger partial charge on any atom is -0.488 e. The van der Waals surface area contributed by atoms with Gasteiger partial charge in [0.05, 0.1) is 10.6 Å². The molecule has 0 fully saturated rings. The van der Waals surface area contributed by atoms with Crippen LogP contribution in [0.25, 0.3) is 6.08 Å². The SMILES string of the molecule is O=C(Oc1ccc(Cl)cc1Cl)C1=Cc2cc(Cl)ccc2OC1. The van der Waals surface area contributed by atoms with E-state index in [2.05, 4.69) is 0 Å². The molecule has 0 N–H and O–H groups in total. The number of halogens is 3. The van der Waals surface area contributed by atoms with Crippen LogP contribution < -0.4 is 9.47 Å². The molecule has 22 heavy (non-hydrogen) atoms. The summed E-state index contributed by atoms with van der Waals surface area (Å²) in [6, 6.07) is 9.84. The molecule has 6 heteroatoms. The average Bonchev–Trinajstić information content (AvgIpc) is 2.49. The first-order chi connectivity index (χ1) is 10.5. The van der Waals surface area contributed by atoms with Crippen molar-refractivity contribution in [2.45, 2.75) is 0 Å². The second kappa shape index (κ2) is 6.21. The van der Waals surface area contributed by atoms with Gasteiger partial charge in [-0.15, -0.1) is 0 Å². The number of esters is 1. The van der Waals surface area contributed by atoms with Crippen molar-refractivity contribution in [3.63, 3.8) is 0 Å². The van der Waals surface area contributed by atoms with E-state index in [1.165, 1.54) is 12.1 Å². The van der Waals surface area contributed by atoms with Crippen LogP contribution in [0.5, 0.6) is 11.5 Å². The summed E-state index contributed by atoms with van der Waals surface area (Å²) in [7, 11) is 0. The normalized spacial score (nSPS) is 13.0. The summed E-state index contributed by atoms with van der Waals surface area (Å²) in [6.45, 7) is 0.124. The van der Waals surface area contributed by atoms with Crippen molar-refractivity contribution in [1.29, 1.82) is 0 Å². The summed E-state index contributed by atoms with van der Waals surface area (Å²) >= 11 is 17.7. The highest BCUT2D eigenvalue weighted by molar-refractivity contribution is 6.35. The Bertz CT molecular complexity index is 784. The predicted molar refractivity (Wildman–Crippen MR) is 87.0 cm³/mol. The van der Waals surface area contributed by atoms with Crippen molar-refractivity contribution in [3.8, 4) is 11.5 Å². The summed E-state index contributed by atoms with van der Waals surface area (Å²) in [5, 5.41) is 1.30. The van der Waals surface area contributed by atoms with E-state index >= 15 is 0 Å². The van der Waals surface area contributed by atoms with Crippen LogP contribution in [0.1, 0.15) is 5.56 Å². The van der Waals surface area contributed by atoms with E-state index < -0.39 is 5.97 Å². The lowest BCUT2D eigenvalue weighted by molar-refractivity contribution is -0.130. The lowest BCUT2D eigenvalue weighted by Crippen LogP contribution is -2.19. The largest absolute Gasteiger partial charge is 0.488 e. The minimum absolute atomic E-state index is 0.124. The van der Waals surface area contributed by atoms with Crippen LogP contribution in [-0.4, -0.2) is 12.6 Å². The Labute approximate surface area is 142 Å². The summed E-state index contributed by atoms with van der Waals surface area (Å²) in [5.74, 6) is 0.384. The molecule has 3 nitrogen and oxygen atoms in total. The van der Waals surface area contributed by atoms with Gasteiger partial charge in [-0.1, -0.05) is 34.8 Å². The molecule has 0 unspecified atom stereocenters. The summed E-state index contributed by atoms with van der Waals surface area (Å²) < 4.78 is 10.8. The Balaban J connectivity index is 1.84. The Hall–Kier alpha value is -1.68. The quantitative estimate of drug-likeness (QED) is 0.560. The third kappa shape index (κ3) is 3.22. The van der Waals surface area contributed by atoms with Gasteiger partial charge < -0.3 is 9.47 Å². The number of benzene rings is 2. The highest BCUT2D eigenvalue weighted by Crippen LogP contribution is 2.31. The van der Waals surface area contributed by atoms with Gasteiger partial charge in [0.15, 0.2) is 0 Å². The molecule has 0 aromatic heterocycles. The van der Waals surface area contributed by atoms with E-state index in [0.717, 1.165) is 5.56 Å². The van der Waals surface area contributed by atoms with Gasteiger partial charge >= 0.3 is 5.97 Å². The highest BCUT2D eigenvalue weighted by Gasteiger charge is 2.20. The molecule has 0 aliphatic carbocycles. The Morgan fingerprint density at radius 1 is 1.05 bits per heavy atom. The Kier molecular flexibility index (Phi) is 4.30. The van der Waals surface area contributed by atoms with Gasteiger partial charge in [0.2, 0.25) is 0 Å². The Morgan fingerprint density at radius 2 is 1.77 bits per heavy atom. The van der Waals surface area contributed by atoms with Crippen molar-refractivity contribution in [3.05, 3.63) is 62.6 Å². The predicted octanol–water partition coefficient (Wildman–Crippen LogP) is 5.03. The third-order valence-electron chi connectivity index (χ3n) is 3.04. The first-order valence-corrected chi connectivity index (χ1v) is 7.46. The van der Waals surface area contributed by atoms with Gasteiger partial charge in [-0.25, -0.2) is 4.79 Å². The summed E-state index contributed by atoms with van der Waals surface area (Å²) in [4.78, 5) is 12.2. The van der Waals surface area contributed by atoms with E-state index in [-0.39, 0.29) is 17.4 Å². The highest BCUT2D eigenvalue weighted by atomic mass is 35.5. The molecular weight excluding hydrogens is 347 g/mol. The van der Waals surface area contributed by atoms with Gasteiger partial charge in [0.1, 0.15) is 18.1 Å². The molecule has 0 spiro atoms. The van der Waals surface area contributed by atoms with Crippen molar-refractivity contribution in [2.24, 2.45) is 0 Å². The second-order valence-electron chi connectivity index (χ2n) is 4.60. The zero-order valence-electron chi connectivity index (χ0n) is 11.1. The first-order valence-electron chi connectivity index (χ1n) is 6.33. The molecule has 0 radical (unpaired) electrons. The molecule has 0 saturated carbocycles. The van der Waals surface area contributed by atoms with Crippen molar-refractivity contribution < 1.29 is 14.3 Å². The lowest BCUT2D eigenvalue weighted by atomic mass is 10.1. The number of hydrogen-bond donors (Lipinski definition) is 0. The van der Waals surface area contributed by atoms with Crippen LogP contribution in [0.4, 0.5) is 0 Å². The number of ether oxygens (including phenoxy) is 2. The molecule has 0 saturated heterocycles. The van der Waals surface area contributed by atoms with Crippen LogP contribution in [0.3, 0.4) is 0 Å². The molecule has 3 rings (SSSR count). The molecule has 1 aliphatic rings. The molecule has 1 aliphatic heterocycles. The molecule has 112 valence electrons. The van der Waals surface area contributed by atoms with Gasteiger partial charge in [-0.2, -0.15) is 0 Å². The zero-order valence-corrected chi connectivity index (χ0v) is 13.4. The van der Waals surface area contributed by atoms with Gasteiger partial charge in [0.25, 0.3) is 0 Å². The molecule has 0 bridgehead atoms. The number of fused-ring (bicyclic) bond motifs is 1. The smallest absolute Gasteiger partial charge is 0.342 e. The summed E-state index contributed by atoms with van der Waals surface area (Å²) in [5.41, 5.74) is 1.11. The lowest BCUT2D eigenvalue weighted by Gasteiger charge is -2.17. The minimum atomic E-state index is -0.533. The van der Waals surface area contributed by atoms with Gasteiger partial charge in [-0.05, 0) is 42.5 Å². The molecular formula is C16H9Cl3O3. The molecule has 0 amide bonds. The number of carbonyl (C=O) groups is 1. The molecule has 0 atom stereocenters. The number of rotatable bonds is 2. The zero-order chi connectivity index (χ0) is 15.7. The number of hydrogen-bond acceptors (Lipinski definition) is 3. The maximum absolute atomic E-state index is 12.2. The summed E-state index contributed by atoms with van der Waals surface area (Å²) in [6.07, 6.45) is 1.69. The monoisotopic (exact) mass is 354 g/mol. The fraction of sp³-hybridized carbons (Fsp3) is 0.0625. The fourth-order valence-electron chi connectivity index (χ4n) is 1.99. The maximum atomic E-state index is 12.2. The fourth-order valence-corrected chi connectivity index (χ4v) is 2.62. The third-order valence-corrected chi connectivity index (χ3v) is 3.81. The van der Waals surface area contributed by atoms with Crippen LogP contribution >= 0.6 is 34.8 Å². The van der Waals surface area contributed by atoms with Crippen molar-refractivity contribution >= 4 is 46.8 Å². The van der Waals surface area contributed by atoms with E-state index in [0.29, 0.717) is 21.4 Å².